The lowest BCUT2D eigenvalue weighted by Gasteiger charge is -2.27. The molecule has 0 radical (unpaired) electrons. The van der Waals surface area contributed by atoms with Gasteiger partial charge in [-0.3, -0.25) is 14.4 Å². The molecule has 0 spiro atoms. The monoisotopic (exact) mass is 422 g/mol. The predicted molar refractivity (Wildman–Crippen MR) is 116 cm³/mol. The maximum absolute atomic E-state index is 13.5. The summed E-state index contributed by atoms with van der Waals surface area (Å²) in [6.07, 6.45) is 2.71. The first-order chi connectivity index (χ1) is 14.6. The number of carbonyl (C=O) groups excluding carboxylic acids is 3. The number of methoxy groups -OCH3 is 2. The van der Waals surface area contributed by atoms with Crippen LogP contribution in [0.1, 0.15) is 47.1 Å². The summed E-state index contributed by atoms with van der Waals surface area (Å²) in [5, 5.41) is 0. The molecule has 1 aliphatic carbocycles. The highest BCUT2D eigenvalue weighted by Crippen LogP contribution is 2.44. The van der Waals surface area contributed by atoms with Gasteiger partial charge in [-0.05, 0) is 44.5 Å². The summed E-state index contributed by atoms with van der Waals surface area (Å²) >= 11 is 0. The van der Waals surface area contributed by atoms with E-state index in [0.717, 1.165) is 0 Å². The number of esters is 1. The highest BCUT2D eigenvalue weighted by molar-refractivity contribution is 6.18. The van der Waals surface area contributed by atoms with E-state index in [0.29, 0.717) is 28.2 Å². The van der Waals surface area contributed by atoms with Crippen LogP contribution in [-0.2, 0) is 16.0 Å². The molecule has 1 aliphatic rings. The van der Waals surface area contributed by atoms with E-state index in [4.69, 9.17) is 14.2 Å². The molecule has 2 aromatic carbocycles. The zero-order chi connectivity index (χ0) is 22.8. The Kier molecular flexibility index (Phi) is 6.02. The highest BCUT2D eigenvalue weighted by atomic mass is 16.6. The molecule has 31 heavy (non-hydrogen) atoms. The quantitative estimate of drug-likeness (QED) is 0.300. The lowest BCUT2D eigenvalue weighted by Crippen LogP contribution is -2.41. The van der Waals surface area contributed by atoms with Crippen molar-refractivity contribution in [3.63, 3.8) is 0 Å². The minimum Gasteiger partial charge on any atom is -0.493 e. The Morgan fingerprint density at radius 2 is 1.61 bits per heavy atom. The molecule has 0 saturated heterocycles. The fraction of sp³-hybridized carbons (Fsp3) is 0.320. The normalized spacial score (nSPS) is 18.0. The fourth-order valence-corrected chi connectivity index (χ4v) is 3.55. The molecular weight excluding hydrogens is 396 g/mol. The summed E-state index contributed by atoms with van der Waals surface area (Å²) in [7, 11) is 2.98. The fourth-order valence-electron chi connectivity index (χ4n) is 3.55. The van der Waals surface area contributed by atoms with Crippen molar-refractivity contribution < 1.29 is 28.6 Å². The van der Waals surface area contributed by atoms with Gasteiger partial charge in [0, 0.05) is 17.5 Å². The van der Waals surface area contributed by atoms with Crippen LogP contribution < -0.4 is 9.47 Å². The maximum Gasteiger partial charge on any atom is 0.324 e. The lowest BCUT2D eigenvalue weighted by molar-refractivity contribution is -0.161. The minimum absolute atomic E-state index is 0.0645. The average Bonchev–Trinajstić information content (AvgIpc) is 3.02. The van der Waals surface area contributed by atoms with Gasteiger partial charge in [-0.1, -0.05) is 36.4 Å². The average molecular weight is 422 g/mol. The van der Waals surface area contributed by atoms with Crippen LogP contribution in [0, 0.1) is 5.41 Å². The van der Waals surface area contributed by atoms with E-state index in [-0.39, 0.29) is 12.2 Å². The van der Waals surface area contributed by atoms with Gasteiger partial charge in [0.15, 0.2) is 28.5 Å². The number of Topliss-reactive ketones (excluding diaryl/α,β-unsaturated/α-hetero) is 1. The molecule has 1 atom stereocenters. The van der Waals surface area contributed by atoms with Crippen LogP contribution in [0.15, 0.2) is 54.6 Å². The van der Waals surface area contributed by atoms with Gasteiger partial charge in [-0.25, -0.2) is 0 Å². The van der Waals surface area contributed by atoms with E-state index in [9.17, 15) is 14.4 Å². The van der Waals surface area contributed by atoms with Crippen LogP contribution in [0.2, 0.25) is 0 Å². The molecular formula is C25H26O6. The Balaban J connectivity index is 2.07. The number of hydrogen-bond acceptors (Lipinski definition) is 6. The number of ether oxygens (including phenoxy) is 3. The number of hydrogen-bond donors (Lipinski definition) is 0. The minimum atomic E-state index is -1.64. The first kappa shape index (κ1) is 22.3. The summed E-state index contributed by atoms with van der Waals surface area (Å²) in [4.78, 5) is 39.4. The van der Waals surface area contributed by atoms with Gasteiger partial charge in [0.25, 0.3) is 0 Å². The summed E-state index contributed by atoms with van der Waals surface area (Å²) in [5.41, 5.74) is -1.00. The van der Waals surface area contributed by atoms with Crippen molar-refractivity contribution in [1.82, 2.24) is 0 Å². The Morgan fingerprint density at radius 3 is 2.19 bits per heavy atom. The topological polar surface area (TPSA) is 78.9 Å². The number of allylic oxidation sites excluding steroid dienone is 1. The SMILES string of the molecule is COc1cc2c(cc1OC)C(=O)[C@](/C=C/C(=O)c1ccccc1)(C(=O)OC(C)(C)C)C2. The van der Waals surface area contributed by atoms with E-state index in [2.05, 4.69) is 0 Å². The molecule has 3 rings (SSSR count). The van der Waals surface area contributed by atoms with E-state index in [1.165, 1.54) is 26.4 Å². The largest absolute Gasteiger partial charge is 0.493 e. The van der Waals surface area contributed by atoms with Crippen molar-refractivity contribution in [2.75, 3.05) is 14.2 Å². The third-order valence-corrected chi connectivity index (χ3v) is 5.07. The molecule has 0 amide bonds. The van der Waals surface area contributed by atoms with Crippen molar-refractivity contribution in [1.29, 1.82) is 0 Å². The molecule has 0 unspecified atom stereocenters. The van der Waals surface area contributed by atoms with Gasteiger partial charge in [-0.15, -0.1) is 0 Å². The van der Waals surface area contributed by atoms with E-state index in [1.54, 1.807) is 63.2 Å². The summed E-state index contributed by atoms with van der Waals surface area (Å²) < 4.78 is 16.2. The number of ketones is 2. The zero-order valence-electron chi connectivity index (χ0n) is 18.4. The molecule has 0 bridgehead atoms. The molecule has 0 aromatic heterocycles. The second-order valence-electron chi connectivity index (χ2n) is 8.41. The zero-order valence-corrected chi connectivity index (χ0v) is 18.4. The molecule has 162 valence electrons. The third kappa shape index (κ3) is 4.38. The second kappa shape index (κ2) is 8.38. The molecule has 6 heteroatoms. The van der Waals surface area contributed by atoms with Gasteiger partial charge in [-0.2, -0.15) is 0 Å². The van der Waals surface area contributed by atoms with E-state index < -0.39 is 22.8 Å². The van der Waals surface area contributed by atoms with Crippen molar-refractivity contribution in [3.05, 3.63) is 71.3 Å². The van der Waals surface area contributed by atoms with Crippen LogP contribution in [-0.4, -0.2) is 37.4 Å². The molecule has 0 N–H and O–H groups in total. The summed E-state index contributed by atoms with van der Waals surface area (Å²) in [6.45, 7) is 5.20. The molecule has 0 fully saturated rings. The van der Waals surface area contributed by atoms with Crippen molar-refractivity contribution in [3.8, 4) is 11.5 Å². The van der Waals surface area contributed by atoms with Crippen LogP contribution in [0.3, 0.4) is 0 Å². The summed E-state index contributed by atoms with van der Waals surface area (Å²) in [6, 6.07) is 11.9. The number of carbonyl (C=O) groups is 3. The predicted octanol–water partition coefficient (Wildman–Crippen LogP) is 4.21. The van der Waals surface area contributed by atoms with Gasteiger partial charge < -0.3 is 14.2 Å². The van der Waals surface area contributed by atoms with Crippen molar-refractivity contribution in [2.24, 2.45) is 5.41 Å². The van der Waals surface area contributed by atoms with Gasteiger partial charge in [0.2, 0.25) is 0 Å². The maximum atomic E-state index is 13.5. The van der Waals surface area contributed by atoms with Crippen LogP contribution in [0.5, 0.6) is 11.5 Å². The molecule has 0 aliphatic heterocycles. The Labute approximate surface area is 181 Å². The second-order valence-corrected chi connectivity index (χ2v) is 8.41. The van der Waals surface area contributed by atoms with Crippen molar-refractivity contribution in [2.45, 2.75) is 32.8 Å². The Hall–Kier alpha value is -3.41. The van der Waals surface area contributed by atoms with Crippen LogP contribution in [0.25, 0.3) is 0 Å². The first-order valence-electron chi connectivity index (χ1n) is 9.93. The smallest absolute Gasteiger partial charge is 0.324 e. The first-order valence-corrected chi connectivity index (χ1v) is 9.93. The number of benzene rings is 2. The standard InChI is InChI=1S/C25H26O6/c1-24(2,3)31-23(28)25(12-11-19(26)16-9-7-6-8-10-16)15-17-13-20(29-4)21(30-5)14-18(17)22(25)27/h6-14H,15H2,1-5H3/b12-11+/t25-/m1/s1. The van der Waals surface area contributed by atoms with Gasteiger partial charge in [0.1, 0.15) is 5.60 Å². The lowest BCUT2D eigenvalue weighted by atomic mass is 9.82. The Bertz CT molecular complexity index is 1050. The molecule has 2 aromatic rings. The Morgan fingerprint density at radius 1 is 1.00 bits per heavy atom. The molecule has 0 saturated carbocycles. The van der Waals surface area contributed by atoms with Gasteiger partial charge in [0.05, 0.1) is 14.2 Å². The molecule has 0 heterocycles. The number of rotatable bonds is 6. The number of fused-ring (bicyclic) bond motifs is 1. The third-order valence-electron chi connectivity index (χ3n) is 5.07. The van der Waals surface area contributed by atoms with Crippen LogP contribution in [0.4, 0.5) is 0 Å². The summed E-state index contributed by atoms with van der Waals surface area (Å²) in [5.74, 6) is -0.592. The van der Waals surface area contributed by atoms with Crippen molar-refractivity contribution >= 4 is 17.5 Å². The van der Waals surface area contributed by atoms with E-state index in [1.807, 2.05) is 0 Å². The molecule has 6 nitrogen and oxygen atoms in total. The highest BCUT2D eigenvalue weighted by Gasteiger charge is 2.52. The van der Waals surface area contributed by atoms with E-state index >= 15 is 0 Å². The van der Waals surface area contributed by atoms with Gasteiger partial charge >= 0.3 is 5.97 Å². The van der Waals surface area contributed by atoms with Crippen LogP contribution >= 0.6 is 0 Å².